The van der Waals surface area contributed by atoms with E-state index in [1.807, 2.05) is 21.6 Å². The maximum Gasteiger partial charge on any atom is 0.0441 e. The molecule has 0 radical (unpaired) electrons. The largest absolute Gasteiger partial charge is 0.0810 e. The van der Waals surface area contributed by atoms with Gasteiger partial charge in [-0.25, -0.2) is 0 Å². The van der Waals surface area contributed by atoms with E-state index in [0.29, 0.717) is 11.2 Å². The van der Waals surface area contributed by atoms with Crippen LogP contribution >= 0.6 is 21.6 Å². The van der Waals surface area contributed by atoms with Crippen molar-refractivity contribution >= 4 is 27.7 Å². The van der Waals surface area contributed by atoms with Crippen molar-refractivity contribution in [3.05, 3.63) is 89.4 Å². The van der Waals surface area contributed by atoms with Crippen molar-refractivity contribution in [2.45, 2.75) is 11.2 Å². The monoisotopic (exact) mass is 296 g/mol. The molecule has 0 bridgehead atoms. The van der Waals surface area contributed by atoms with Crippen molar-refractivity contribution in [2.24, 2.45) is 0 Å². The van der Waals surface area contributed by atoms with Gasteiger partial charge in [-0.15, -0.1) is 0 Å². The summed E-state index contributed by atoms with van der Waals surface area (Å²) in [6.45, 7) is 0. The lowest BCUT2D eigenvalue weighted by atomic mass is 9.95. The van der Waals surface area contributed by atoms with E-state index < -0.39 is 0 Å². The number of hydrogen-bond acceptors (Lipinski definition) is 2. The molecule has 100 valence electrons. The minimum Gasteiger partial charge on any atom is -0.0810 e. The maximum absolute atomic E-state index is 2.33. The van der Waals surface area contributed by atoms with Gasteiger partial charge < -0.3 is 0 Å². The Morgan fingerprint density at radius 3 is 2.30 bits per heavy atom. The summed E-state index contributed by atoms with van der Waals surface area (Å²) in [7, 11) is 3.75. The van der Waals surface area contributed by atoms with Gasteiger partial charge in [-0.2, -0.15) is 0 Å². The zero-order chi connectivity index (χ0) is 13.6. The molecule has 0 saturated heterocycles. The van der Waals surface area contributed by atoms with E-state index in [9.17, 15) is 0 Å². The maximum atomic E-state index is 2.33. The van der Waals surface area contributed by atoms with Crippen molar-refractivity contribution in [1.82, 2.24) is 0 Å². The topological polar surface area (TPSA) is 0 Å². The van der Waals surface area contributed by atoms with Gasteiger partial charge in [0.05, 0.1) is 0 Å². The molecule has 20 heavy (non-hydrogen) atoms. The van der Waals surface area contributed by atoms with Gasteiger partial charge in [0.25, 0.3) is 0 Å². The van der Waals surface area contributed by atoms with Crippen LogP contribution in [0.15, 0.2) is 78.2 Å². The van der Waals surface area contributed by atoms with Crippen LogP contribution in [0.4, 0.5) is 0 Å². The zero-order valence-corrected chi connectivity index (χ0v) is 12.7. The van der Waals surface area contributed by atoms with E-state index in [1.165, 1.54) is 11.1 Å². The molecule has 1 heterocycles. The smallest absolute Gasteiger partial charge is 0.0441 e. The van der Waals surface area contributed by atoms with Gasteiger partial charge in [0.1, 0.15) is 0 Å². The molecule has 0 N–H and O–H groups in total. The van der Waals surface area contributed by atoms with Crippen molar-refractivity contribution in [1.29, 1.82) is 0 Å². The first kappa shape index (κ1) is 13.6. The van der Waals surface area contributed by atoms with E-state index in [0.717, 1.165) is 0 Å². The Hall–Kier alpha value is -1.38. The molecule has 2 unspecified atom stereocenters. The summed E-state index contributed by atoms with van der Waals surface area (Å²) >= 11 is 0. The molecule has 2 heteroatoms. The lowest BCUT2D eigenvalue weighted by Crippen LogP contribution is -2.11. The van der Waals surface area contributed by atoms with Gasteiger partial charge in [-0.05, 0) is 16.5 Å². The highest BCUT2D eigenvalue weighted by Crippen LogP contribution is 2.43. The molecule has 2 aromatic carbocycles. The Balaban J connectivity index is 1.81. The first-order chi connectivity index (χ1) is 9.93. The van der Waals surface area contributed by atoms with Crippen LogP contribution in [0, 0.1) is 0 Å². The summed E-state index contributed by atoms with van der Waals surface area (Å²) < 4.78 is 0. The molecular formula is C18H16S2. The molecule has 0 saturated carbocycles. The third-order valence-electron chi connectivity index (χ3n) is 3.32. The van der Waals surface area contributed by atoms with Crippen LogP contribution in [0.5, 0.6) is 0 Å². The van der Waals surface area contributed by atoms with Gasteiger partial charge in [0.2, 0.25) is 0 Å². The van der Waals surface area contributed by atoms with Crippen molar-refractivity contribution in [3.8, 4) is 0 Å². The SMILES string of the molecule is C1=CC(c2ccccc2)C(/C=C/c2ccccc2)SS1. The Bertz CT molecular complexity index is 587. The Labute approximate surface area is 128 Å². The molecule has 1 aliphatic heterocycles. The third-order valence-corrected chi connectivity index (χ3v) is 5.71. The van der Waals surface area contributed by atoms with Gasteiger partial charge in [-0.3, -0.25) is 0 Å². The molecule has 2 aromatic rings. The molecule has 0 aromatic heterocycles. The van der Waals surface area contributed by atoms with Crippen molar-refractivity contribution < 1.29 is 0 Å². The number of hydrogen-bond donors (Lipinski definition) is 0. The third kappa shape index (κ3) is 3.38. The van der Waals surface area contributed by atoms with Crippen LogP contribution in [0.3, 0.4) is 0 Å². The second-order valence-electron chi connectivity index (χ2n) is 4.69. The Morgan fingerprint density at radius 1 is 0.850 bits per heavy atom. The highest BCUT2D eigenvalue weighted by Gasteiger charge is 2.21. The van der Waals surface area contributed by atoms with E-state index >= 15 is 0 Å². The lowest BCUT2D eigenvalue weighted by Gasteiger charge is -2.24. The molecule has 0 amide bonds. The molecular weight excluding hydrogens is 280 g/mol. The average molecular weight is 296 g/mol. The van der Waals surface area contributed by atoms with Gasteiger partial charge in [0, 0.05) is 11.2 Å². The summed E-state index contributed by atoms with van der Waals surface area (Å²) in [6.07, 6.45) is 6.87. The van der Waals surface area contributed by atoms with Crippen LogP contribution < -0.4 is 0 Å². The average Bonchev–Trinajstić information content (AvgIpc) is 2.55. The Kier molecular flexibility index (Phi) is 4.67. The summed E-state index contributed by atoms with van der Waals surface area (Å²) in [6, 6.07) is 21.2. The van der Waals surface area contributed by atoms with Crippen LogP contribution in [0.2, 0.25) is 0 Å². The highest BCUT2D eigenvalue weighted by atomic mass is 33.1. The molecule has 0 fully saturated rings. The van der Waals surface area contributed by atoms with E-state index in [-0.39, 0.29) is 0 Å². The lowest BCUT2D eigenvalue weighted by molar-refractivity contribution is 0.887. The quantitative estimate of drug-likeness (QED) is 0.660. The summed E-state index contributed by atoms with van der Waals surface area (Å²) in [5.74, 6) is 0.461. The number of allylic oxidation sites excluding steroid dienone is 1. The van der Waals surface area contributed by atoms with Crippen LogP contribution in [0.25, 0.3) is 6.08 Å². The second-order valence-corrected chi connectivity index (χ2v) is 7.05. The predicted molar refractivity (Wildman–Crippen MR) is 92.8 cm³/mol. The van der Waals surface area contributed by atoms with Crippen LogP contribution in [-0.2, 0) is 0 Å². The summed E-state index contributed by atoms with van der Waals surface area (Å²) in [5, 5.41) is 2.68. The van der Waals surface area contributed by atoms with E-state index in [2.05, 4.69) is 84.3 Å². The van der Waals surface area contributed by atoms with Crippen LogP contribution in [0.1, 0.15) is 17.0 Å². The van der Waals surface area contributed by atoms with Gasteiger partial charge in [-0.1, -0.05) is 100 Å². The Morgan fingerprint density at radius 2 is 1.55 bits per heavy atom. The molecule has 3 rings (SSSR count). The fraction of sp³-hybridized carbons (Fsp3) is 0.111. The first-order valence-corrected chi connectivity index (χ1v) is 8.98. The minimum absolute atomic E-state index is 0.461. The van der Waals surface area contributed by atoms with E-state index in [4.69, 9.17) is 0 Å². The second kappa shape index (κ2) is 6.87. The van der Waals surface area contributed by atoms with Gasteiger partial charge in [0.15, 0.2) is 0 Å². The molecule has 0 spiro atoms. The summed E-state index contributed by atoms with van der Waals surface area (Å²) in [5.41, 5.74) is 2.65. The van der Waals surface area contributed by atoms with Crippen molar-refractivity contribution in [2.75, 3.05) is 0 Å². The first-order valence-electron chi connectivity index (χ1n) is 6.70. The van der Waals surface area contributed by atoms with Crippen LogP contribution in [-0.4, -0.2) is 5.25 Å². The molecule has 2 atom stereocenters. The molecule has 0 aliphatic carbocycles. The normalized spacial score (nSPS) is 22.2. The fourth-order valence-corrected chi connectivity index (χ4v) is 4.54. The van der Waals surface area contributed by atoms with Crippen molar-refractivity contribution in [3.63, 3.8) is 0 Å². The highest BCUT2D eigenvalue weighted by molar-refractivity contribution is 8.78. The zero-order valence-electron chi connectivity index (χ0n) is 11.1. The number of rotatable bonds is 3. The standard InChI is InChI=1S/C18H16S2/c1-3-7-15(8-4-1)11-12-18-17(13-14-19-20-18)16-9-5-2-6-10-16/h1-14,17-18H/b12-11+. The predicted octanol–water partition coefficient (Wildman–Crippen LogP) is 5.76. The molecule has 1 aliphatic rings. The minimum atomic E-state index is 0.461. The molecule has 0 nitrogen and oxygen atoms in total. The van der Waals surface area contributed by atoms with Gasteiger partial charge >= 0.3 is 0 Å². The number of benzene rings is 2. The van der Waals surface area contributed by atoms with E-state index in [1.54, 1.807) is 0 Å². The fourth-order valence-electron chi connectivity index (χ4n) is 2.28. The summed E-state index contributed by atoms with van der Waals surface area (Å²) in [4.78, 5) is 0.